The number of piperazine rings is 1. The van der Waals surface area contributed by atoms with Gasteiger partial charge in [0.05, 0.1) is 11.3 Å². The molecular weight excluding hydrogens is 627 g/mol. The van der Waals surface area contributed by atoms with Crippen molar-refractivity contribution in [2.75, 3.05) is 44.7 Å². The molecule has 0 aliphatic carbocycles. The molecule has 0 radical (unpaired) electrons. The van der Waals surface area contributed by atoms with Gasteiger partial charge in [0.1, 0.15) is 6.04 Å². The van der Waals surface area contributed by atoms with E-state index in [4.69, 9.17) is 0 Å². The van der Waals surface area contributed by atoms with Crippen LogP contribution in [0.5, 0.6) is 0 Å². The Hall–Kier alpha value is -4.96. The fourth-order valence-corrected chi connectivity index (χ4v) is 6.40. The van der Waals surface area contributed by atoms with Crippen LogP contribution < -0.4 is 4.90 Å². The molecule has 1 saturated heterocycles. The number of hydrogen-bond donors (Lipinski definition) is 0. The normalized spacial score (nSPS) is 16.0. The summed E-state index contributed by atoms with van der Waals surface area (Å²) in [4.78, 5) is 40.6. The van der Waals surface area contributed by atoms with Crippen LogP contribution in [0, 0.1) is 0 Å². The molecule has 1 aromatic heterocycles. The van der Waals surface area contributed by atoms with Gasteiger partial charge in [-0.3, -0.25) is 14.6 Å². The number of hydrogen-bond acceptors (Lipinski definition) is 5. The van der Waals surface area contributed by atoms with E-state index in [9.17, 15) is 22.8 Å². The Kier molecular flexibility index (Phi) is 10.4. The number of rotatable bonds is 9. The molecule has 2 aliphatic heterocycles. The first kappa shape index (κ1) is 33.9. The molecule has 4 aromatic rings. The molecule has 2 amide bonds. The van der Waals surface area contributed by atoms with Crippen LogP contribution in [0.4, 0.5) is 18.9 Å². The fraction of sp³-hybridized carbons (Fsp3) is 0.308. The number of aromatic nitrogens is 1. The average molecular weight is 668 g/mol. The van der Waals surface area contributed by atoms with Gasteiger partial charge in [-0.05, 0) is 66.1 Å². The van der Waals surface area contributed by atoms with Crippen molar-refractivity contribution in [3.05, 3.63) is 137 Å². The molecule has 2 aliphatic rings. The SMILES string of the molecule is CN1CCN(c2ccc(CN(C(=O)C=Cc3ccc(C(F)(F)F)cn3)[C@@H](Cc3ccccc3)C(=O)N3CCc4ccccc4C3)cc2)CC1. The molecule has 1 fully saturated rings. The maximum Gasteiger partial charge on any atom is 0.417 e. The Morgan fingerprint density at radius 3 is 2.20 bits per heavy atom. The molecule has 7 nitrogen and oxygen atoms in total. The smallest absolute Gasteiger partial charge is 0.369 e. The predicted octanol–water partition coefficient (Wildman–Crippen LogP) is 6.09. The summed E-state index contributed by atoms with van der Waals surface area (Å²) in [7, 11) is 2.12. The molecule has 1 atom stereocenters. The molecule has 0 N–H and O–H groups in total. The number of halogens is 3. The van der Waals surface area contributed by atoms with Gasteiger partial charge in [-0.25, -0.2) is 0 Å². The first-order valence-electron chi connectivity index (χ1n) is 16.6. The summed E-state index contributed by atoms with van der Waals surface area (Å²) >= 11 is 0. The van der Waals surface area contributed by atoms with E-state index in [-0.39, 0.29) is 18.1 Å². The monoisotopic (exact) mass is 667 g/mol. The molecule has 3 heterocycles. The molecular formula is C39H40F3N5O2. The number of amides is 2. The maximum absolute atomic E-state index is 14.5. The largest absolute Gasteiger partial charge is 0.417 e. The second-order valence-electron chi connectivity index (χ2n) is 12.7. The number of fused-ring (bicyclic) bond motifs is 1. The number of benzene rings is 3. The summed E-state index contributed by atoms with van der Waals surface area (Å²) in [6.07, 6.45) is -0.0455. The van der Waals surface area contributed by atoms with Crippen molar-refractivity contribution in [1.29, 1.82) is 0 Å². The molecule has 0 bridgehead atoms. The first-order valence-corrected chi connectivity index (χ1v) is 16.6. The lowest BCUT2D eigenvalue weighted by Gasteiger charge is -2.37. The number of alkyl halides is 3. The number of anilines is 1. The van der Waals surface area contributed by atoms with Gasteiger partial charge < -0.3 is 19.6 Å². The molecule has 0 saturated carbocycles. The van der Waals surface area contributed by atoms with Crippen molar-refractivity contribution in [3.8, 4) is 0 Å². The van der Waals surface area contributed by atoms with E-state index in [0.717, 1.165) is 67.2 Å². The highest BCUT2D eigenvalue weighted by Gasteiger charge is 2.34. The van der Waals surface area contributed by atoms with Gasteiger partial charge in [0.2, 0.25) is 11.8 Å². The number of nitrogens with zero attached hydrogens (tertiary/aromatic N) is 5. The van der Waals surface area contributed by atoms with Gasteiger partial charge in [0, 0.05) is 70.2 Å². The minimum Gasteiger partial charge on any atom is -0.369 e. The van der Waals surface area contributed by atoms with Crippen LogP contribution in [0.2, 0.25) is 0 Å². The van der Waals surface area contributed by atoms with Crippen LogP contribution in [0.3, 0.4) is 0 Å². The lowest BCUT2D eigenvalue weighted by atomic mass is 9.97. The Labute approximate surface area is 285 Å². The van der Waals surface area contributed by atoms with E-state index in [0.29, 0.717) is 19.5 Å². The second-order valence-corrected chi connectivity index (χ2v) is 12.7. The van der Waals surface area contributed by atoms with E-state index in [1.807, 2.05) is 65.6 Å². The van der Waals surface area contributed by atoms with E-state index in [1.165, 1.54) is 23.8 Å². The van der Waals surface area contributed by atoms with Gasteiger partial charge >= 0.3 is 6.18 Å². The third-order valence-corrected chi connectivity index (χ3v) is 9.33. The van der Waals surface area contributed by atoms with Crippen molar-refractivity contribution >= 4 is 23.6 Å². The number of likely N-dealkylation sites (N-methyl/N-ethyl adjacent to an activating group) is 1. The van der Waals surface area contributed by atoms with E-state index < -0.39 is 23.7 Å². The van der Waals surface area contributed by atoms with Gasteiger partial charge in [0.25, 0.3) is 0 Å². The predicted molar refractivity (Wildman–Crippen MR) is 184 cm³/mol. The summed E-state index contributed by atoms with van der Waals surface area (Å²) in [5.41, 5.74) is 4.52. The van der Waals surface area contributed by atoms with Crippen LogP contribution in [0.15, 0.2) is 103 Å². The summed E-state index contributed by atoms with van der Waals surface area (Å²) < 4.78 is 39.3. The van der Waals surface area contributed by atoms with Gasteiger partial charge in [-0.1, -0.05) is 66.7 Å². The van der Waals surface area contributed by atoms with Crippen molar-refractivity contribution in [3.63, 3.8) is 0 Å². The molecule has 3 aromatic carbocycles. The standard InChI is InChI=1S/C39H40F3N5O2/c1-44-21-23-45(24-22-44)35-16-11-30(12-17-35)27-47(37(48)18-15-34-14-13-33(26-43-34)39(40,41)42)36(25-29-7-3-2-4-8-29)38(49)46-20-19-31-9-5-6-10-32(31)28-46/h2-18,26,36H,19-25,27-28H2,1H3/t36-/m0/s1. The topological polar surface area (TPSA) is 60.0 Å². The minimum absolute atomic E-state index is 0.151. The van der Waals surface area contributed by atoms with Gasteiger partial charge in [-0.2, -0.15) is 13.2 Å². The van der Waals surface area contributed by atoms with Crippen molar-refractivity contribution in [2.24, 2.45) is 0 Å². The van der Waals surface area contributed by atoms with Crippen LogP contribution in [0.1, 0.15) is 33.5 Å². The number of carbonyl (C=O) groups excluding carboxylic acids is 2. The fourth-order valence-electron chi connectivity index (χ4n) is 6.40. The highest BCUT2D eigenvalue weighted by Crippen LogP contribution is 2.29. The first-order chi connectivity index (χ1) is 23.6. The molecule has 0 unspecified atom stereocenters. The molecule has 10 heteroatoms. The van der Waals surface area contributed by atoms with E-state index in [2.05, 4.69) is 40.0 Å². The third kappa shape index (κ3) is 8.56. The van der Waals surface area contributed by atoms with E-state index >= 15 is 0 Å². The number of carbonyl (C=O) groups is 2. The number of pyridine rings is 1. The average Bonchev–Trinajstić information content (AvgIpc) is 3.12. The van der Waals surface area contributed by atoms with Crippen LogP contribution in [-0.4, -0.2) is 77.3 Å². The van der Waals surface area contributed by atoms with Crippen LogP contribution in [-0.2, 0) is 41.7 Å². The molecule has 0 spiro atoms. The van der Waals surface area contributed by atoms with Gasteiger partial charge in [0.15, 0.2) is 0 Å². The Bertz CT molecular complexity index is 1750. The zero-order valence-corrected chi connectivity index (χ0v) is 27.5. The Morgan fingerprint density at radius 2 is 1.53 bits per heavy atom. The summed E-state index contributed by atoms with van der Waals surface area (Å²) in [6, 6.07) is 27.1. The zero-order valence-electron chi connectivity index (χ0n) is 27.5. The highest BCUT2D eigenvalue weighted by molar-refractivity contribution is 5.95. The van der Waals surface area contributed by atoms with Crippen molar-refractivity contribution in [2.45, 2.75) is 38.1 Å². The summed E-state index contributed by atoms with van der Waals surface area (Å²) in [5, 5.41) is 0. The van der Waals surface area contributed by atoms with Crippen LogP contribution >= 0.6 is 0 Å². The Morgan fingerprint density at radius 1 is 0.837 bits per heavy atom. The summed E-state index contributed by atoms with van der Waals surface area (Å²) in [6.45, 7) is 4.97. The maximum atomic E-state index is 14.5. The van der Waals surface area contributed by atoms with Crippen molar-refractivity contribution in [1.82, 2.24) is 19.7 Å². The van der Waals surface area contributed by atoms with Gasteiger partial charge in [-0.15, -0.1) is 0 Å². The van der Waals surface area contributed by atoms with Crippen LogP contribution in [0.25, 0.3) is 6.08 Å². The lowest BCUT2D eigenvalue weighted by molar-refractivity contribution is -0.144. The zero-order chi connectivity index (χ0) is 34.4. The lowest BCUT2D eigenvalue weighted by Crippen LogP contribution is -2.52. The summed E-state index contributed by atoms with van der Waals surface area (Å²) in [5.74, 6) is -0.585. The molecule has 49 heavy (non-hydrogen) atoms. The quantitative estimate of drug-likeness (QED) is 0.202. The van der Waals surface area contributed by atoms with E-state index in [1.54, 1.807) is 4.90 Å². The Balaban J connectivity index is 1.31. The minimum atomic E-state index is -4.51. The third-order valence-electron chi connectivity index (χ3n) is 9.33. The second kappa shape index (κ2) is 15.1. The molecule has 6 rings (SSSR count). The van der Waals surface area contributed by atoms with Crippen molar-refractivity contribution < 1.29 is 22.8 Å². The molecule has 254 valence electrons. The highest BCUT2D eigenvalue weighted by atomic mass is 19.4.